The van der Waals surface area contributed by atoms with E-state index in [0.29, 0.717) is 12.5 Å². The van der Waals surface area contributed by atoms with Crippen molar-refractivity contribution in [3.8, 4) is 0 Å². The molecule has 2 N–H and O–H groups in total. The summed E-state index contributed by atoms with van der Waals surface area (Å²) >= 11 is 0. The Balaban J connectivity index is 3.64. The lowest BCUT2D eigenvalue weighted by molar-refractivity contribution is -0.140. The van der Waals surface area contributed by atoms with E-state index in [4.69, 9.17) is 9.84 Å². The summed E-state index contributed by atoms with van der Waals surface area (Å²) in [6.45, 7) is 5.89. The van der Waals surface area contributed by atoms with E-state index in [1.54, 1.807) is 6.92 Å². The van der Waals surface area contributed by atoms with E-state index >= 15 is 0 Å². The molecule has 0 fully saturated rings. The SMILES string of the molecule is CC(C)CCOC(C)C(=O)NCC(=O)O. The van der Waals surface area contributed by atoms with E-state index in [0.717, 1.165) is 6.42 Å². The Bertz CT molecular complexity index is 215. The molecule has 0 aliphatic carbocycles. The standard InChI is InChI=1S/C10H19NO4/c1-7(2)4-5-15-8(3)10(14)11-6-9(12)13/h7-8H,4-6H2,1-3H3,(H,11,14)(H,12,13). The van der Waals surface area contributed by atoms with E-state index in [9.17, 15) is 9.59 Å². The molecule has 5 nitrogen and oxygen atoms in total. The van der Waals surface area contributed by atoms with E-state index in [1.807, 2.05) is 0 Å². The van der Waals surface area contributed by atoms with Crippen LogP contribution >= 0.6 is 0 Å². The number of nitrogens with one attached hydrogen (secondary N) is 1. The third-order valence-corrected chi connectivity index (χ3v) is 1.85. The van der Waals surface area contributed by atoms with Gasteiger partial charge in [0.25, 0.3) is 0 Å². The second kappa shape index (κ2) is 7.23. The number of carbonyl (C=O) groups is 2. The van der Waals surface area contributed by atoms with Crippen LogP contribution in [0.25, 0.3) is 0 Å². The van der Waals surface area contributed by atoms with Crippen molar-refractivity contribution in [1.29, 1.82) is 0 Å². The smallest absolute Gasteiger partial charge is 0.322 e. The lowest BCUT2D eigenvalue weighted by Gasteiger charge is -2.13. The van der Waals surface area contributed by atoms with Crippen molar-refractivity contribution in [2.75, 3.05) is 13.2 Å². The van der Waals surface area contributed by atoms with Gasteiger partial charge in [0.15, 0.2) is 0 Å². The van der Waals surface area contributed by atoms with Gasteiger partial charge in [0.05, 0.1) is 0 Å². The number of carboxylic acids is 1. The van der Waals surface area contributed by atoms with Crippen molar-refractivity contribution >= 4 is 11.9 Å². The summed E-state index contributed by atoms with van der Waals surface area (Å²) in [5.41, 5.74) is 0. The van der Waals surface area contributed by atoms with E-state index in [1.165, 1.54) is 0 Å². The number of hydrogen-bond donors (Lipinski definition) is 2. The summed E-state index contributed by atoms with van der Waals surface area (Å²) < 4.78 is 5.24. The average molecular weight is 217 g/mol. The van der Waals surface area contributed by atoms with Crippen LogP contribution in [0.2, 0.25) is 0 Å². The van der Waals surface area contributed by atoms with Gasteiger partial charge in [-0.15, -0.1) is 0 Å². The van der Waals surface area contributed by atoms with Gasteiger partial charge in [-0.05, 0) is 19.3 Å². The lowest BCUT2D eigenvalue weighted by Crippen LogP contribution is -2.37. The zero-order chi connectivity index (χ0) is 11.8. The van der Waals surface area contributed by atoms with E-state index < -0.39 is 12.1 Å². The summed E-state index contributed by atoms with van der Waals surface area (Å²) in [5, 5.41) is 10.6. The fraction of sp³-hybridized carbons (Fsp3) is 0.800. The molecule has 1 unspecified atom stereocenters. The molecule has 15 heavy (non-hydrogen) atoms. The van der Waals surface area contributed by atoms with Gasteiger partial charge in [-0.2, -0.15) is 0 Å². The number of carboxylic acid groups (broad SMARTS) is 1. The minimum atomic E-state index is -1.06. The van der Waals surface area contributed by atoms with Gasteiger partial charge in [-0.3, -0.25) is 9.59 Å². The van der Waals surface area contributed by atoms with Crippen molar-refractivity contribution in [1.82, 2.24) is 5.32 Å². The van der Waals surface area contributed by atoms with Crippen LogP contribution in [0.1, 0.15) is 27.2 Å². The van der Waals surface area contributed by atoms with Crippen molar-refractivity contribution in [2.45, 2.75) is 33.3 Å². The van der Waals surface area contributed by atoms with E-state index in [2.05, 4.69) is 19.2 Å². The molecule has 0 spiro atoms. The third kappa shape index (κ3) is 7.93. The first-order valence-electron chi connectivity index (χ1n) is 5.04. The van der Waals surface area contributed by atoms with Crippen LogP contribution in [0, 0.1) is 5.92 Å². The van der Waals surface area contributed by atoms with Gasteiger partial charge in [0, 0.05) is 6.61 Å². The topological polar surface area (TPSA) is 75.6 Å². The number of hydrogen-bond acceptors (Lipinski definition) is 3. The second-order valence-electron chi connectivity index (χ2n) is 3.81. The third-order valence-electron chi connectivity index (χ3n) is 1.85. The van der Waals surface area contributed by atoms with Gasteiger partial charge in [-0.1, -0.05) is 13.8 Å². The highest BCUT2D eigenvalue weighted by atomic mass is 16.5. The molecule has 0 heterocycles. The summed E-state index contributed by atoms with van der Waals surface area (Å²) in [6.07, 6.45) is 0.291. The predicted molar refractivity (Wildman–Crippen MR) is 55.5 cm³/mol. The summed E-state index contributed by atoms with van der Waals surface area (Å²) in [6, 6.07) is 0. The van der Waals surface area contributed by atoms with Crippen molar-refractivity contribution in [3.63, 3.8) is 0 Å². The Labute approximate surface area is 89.8 Å². The molecule has 1 amide bonds. The Morgan fingerprint density at radius 1 is 1.33 bits per heavy atom. The largest absolute Gasteiger partial charge is 0.480 e. The summed E-state index contributed by atoms with van der Waals surface area (Å²) in [7, 11) is 0. The number of ether oxygens (including phenoxy) is 1. The Hall–Kier alpha value is -1.10. The quantitative estimate of drug-likeness (QED) is 0.656. The van der Waals surface area contributed by atoms with E-state index in [-0.39, 0.29) is 12.5 Å². The molecule has 0 aliphatic rings. The van der Waals surface area contributed by atoms with Crippen molar-refractivity contribution in [2.24, 2.45) is 5.92 Å². The summed E-state index contributed by atoms with van der Waals surface area (Å²) in [5.74, 6) is -0.918. The molecule has 0 aromatic carbocycles. The Morgan fingerprint density at radius 3 is 2.40 bits per heavy atom. The first kappa shape index (κ1) is 13.9. The molecule has 0 bridgehead atoms. The van der Waals surface area contributed by atoms with Crippen molar-refractivity contribution in [3.05, 3.63) is 0 Å². The molecule has 0 saturated heterocycles. The molecular formula is C10H19NO4. The molecular weight excluding hydrogens is 198 g/mol. The maximum atomic E-state index is 11.2. The molecule has 5 heteroatoms. The number of amides is 1. The number of aliphatic carboxylic acids is 1. The molecule has 0 radical (unpaired) electrons. The first-order valence-corrected chi connectivity index (χ1v) is 5.04. The minimum absolute atomic E-state index is 0.364. The van der Waals surface area contributed by atoms with Gasteiger partial charge < -0.3 is 15.2 Å². The highest BCUT2D eigenvalue weighted by Crippen LogP contribution is 2.01. The van der Waals surface area contributed by atoms with Crippen LogP contribution in [0.4, 0.5) is 0 Å². The molecule has 0 aromatic heterocycles. The monoisotopic (exact) mass is 217 g/mol. The molecule has 0 aliphatic heterocycles. The van der Waals surface area contributed by atoms with Crippen LogP contribution in [-0.4, -0.2) is 36.2 Å². The Morgan fingerprint density at radius 2 is 1.93 bits per heavy atom. The van der Waals surface area contributed by atoms with Crippen LogP contribution in [0.5, 0.6) is 0 Å². The molecule has 0 rings (SSSR count). The first-order chi connectivity index (χ1) is 6.93. The number of carbonyl (C=O) groups excluding carboxylic acids is 1. The fourth-order valence-electron chi connectivity index (χ4n) is 0.863. The van der Waals surface area contributed by atoms with Gasteiger partial charge in [0.1, 0.15) is 12.6 Å². The maximum absolute atomic E-state index is 11.2. The van der Waals surface area contributed by atoms with Gasteiger partial charge in [0.2, 0.25) is 5.91 Å². The van der Waals surface area contributed by atoms with Crippen LogP contribution in [0.15, 0.2) is 0 Å². The maximum Gasteiger partial charge on any atom is 0.322 e. The molecule has 0 aromatic rings. The van der Waals surface area contributed by atoms with Gasteiger partial charge >= 0.3 is 5.97 Å². The zero-order valence-electron chi connectivity index (χ0n) is 9.45. The van der Waals surface area contributed by atoms with Crippen molar-refractivity contribution < 1.29 is 19.4 Å². The molecule has 1 atom stereocenters. The second-order valence-corrected chi connectivity index (χ2v) is 3.81. The predicted octanol–water partition coefficient (Wildman–Crippen LogP) is 0.638. The van der Waals surface area contributed by atoms with Gasteiger partial charge in [-0.25, -0.2) is 0 Å². The zero-order valence-corrected chi connectivity index (χ0v) is 9.45. The number of rotatable bonds is 7. The fourth-order valence-corrected chi connectivity index (χ4v) is 0.863. The highest BCUT2D eigenvalue weighted by Gasteiger charge is 2.13. The average Bonchev–Trinajstić information content (AvgIpc) is 2.13. The minimum Gasteiger partial charge on any atom is -0.480 e. The molecule has 88 valence electrons. The normalized spacial score (nSPS) is 12.5. The summed E-state index contributed by atoms with van der Waals surface area (Å²) in [4.78, 5) is 21.4. The molecule has 0 saturated carbocycles. The Kier molecular flexibility index (Phi) is 6.70. The van der Waals surface area contributed by atoms with Crippen LogP contribution in [-0.2, 0) is 14.3 Å². The van der Waals surface area contributed by atoms with Crippen LogP contribution < -0.4 is 5.32 Å². The van der Waals surface area contributed by atoms with Crippen LogP contribution in [0.3, 0.4) is 0 Å². The highest BCUT2D eigenvalue weighted by molar-refractivity contribution is 5.84. The lowest BCUT2D eigenvalue weighted by atomic mass is 10.1.